The average Bonchev–Trinajstić information content (AvgIpc) is 2.70. The Labute approximate surface area is 200 Å². The van der Waals surface area contributed by atoms with Crippen LogP contribution in [0, 0.1) is 0 Å². The van der Waals surface area contributed by atoms with Crippen LogP contribution in [-0.4, -0.2) is 6.16 Å². The van der Waals surface area contributed by atoms with Gasteiger partial charge in [0.2, 0.25) is 0 Å². The Kier molecular flexibility index (Phi) is 11.0. The van der Waals surface area contributed by atoms with Crippen molar-refractivity contribution in [2.75, 3.05) is 6.16 Å². The number of hydrogen-bond acceptors (Lipinski definition) is 0. The minimum atomic E-state index is -1.57. The summed E-state index contributed by atoms with van der Waals surface area (Å²) >= 11 is 13.0. The van der Waals surface area contributed by atoms with E-state index in [2.05, 4.69) is 154 Å². The number of benzene rings is 3. The Hall–Kier alpha value is 0.529. The van der Waals surface area contributed by atoms with Gasteiger partial charge in [-0.15, -0.1) is 0 Å². The van der Waals surface area contributed by atoms with Gasteiger partial charge in [0.15, 0.2) is 0 Å². The van der Waals surface area contributed by atoms with E-state index in [1.54, 1.807) is 0 Å². The van der Waals surface area contributed by atoms with E-state index in [0.717, 1.165) is 0 Å². The number of hydrogen-bond donors (Lipinski definition) is 0. The zero-order valence-corrected chi connectivity index (χ0v) is 23.9. The molecule has 0 saturated carbocycles. The molecule has 0 fully saturated rings. The second kappa shape index (κ2) is 12.4. The van der Waals surface area contributed by atoms with Gasteiger partial charge in [-0.2, -0.15) is 0 Å². The molecule has 0 heterocycles. The third-order valence-electron chi connectivity index (χ3n) is 4.44. The second-order valence-corrected chi connectivity index (χ2v) is 43.2. The summed E-state index contributed by atoms with van der Waals surface area (Å²) in [6.07, 6.45) is 3.72. The van der Waals surface area contributed by atoms with Crippen LogP contribution in [0.1, 0.15) is 19.8 Å². The first kappa shape index (κ1) is 24.8. The van der Waals surface area contributed by atoms with Crippen LogP contribution in [0.5, 0.6) is 0 Å². The molecule has 0 amide bonds. The van der Waals surface area contributed by atoms with Crippen molar-refractivity contribution in [2.45, 2.75) is 19.8 Å². The summed E-state index contributed by atoms with van der Waals surface area (Å²) in [4.78, 5) is 0. The van der Waals surface area contributed by atoms with Gasteiger partial charge in [-0.3, -0.25) is 0 Å². The van der Waals surface area contributed by atoms with E-state index in [1.165, 1.54) is 34.9 Å². The molecule has 0 aliphatic heterocycles. The van der Waals surface area contributed by atoms with Crippen LogP contribution in [0.2, 0.25) is 0 Å². The van der Waals surface area contributed by atoms with Gasteiger partial charge in [0.1, 0.15) is 23.2 Å². The quantitative estimate of drug-likeness (QED) is 0.181. The summed E-state index contributed by atoms with van der Waals surface area (Å²) in [7, 11) is -1.57. The zero-order valence-electron chi connectivity index (χ0n) is 15.6. The molecule has 28 heavy (non-hydrogen) atoms. The fourth-order valence-electron chi connectivity index (χ4n) is 3.28. The summed E-state index contributed by atoms with van der Waals surface area (Å²) in [6.45, 7) is 2.29. The molecule has 0 nitrogen and oxygen atoms in total. The first-order chi connectivity index (χ1) is 13.4. The van der Waals surface area contributed by atoms with Crippen molar-refractivity contribution < 1.29 is 5.61 Å². The summed E-state index contributed by atoms with van der Waals surface area (Å²) in [5.41, 5.74) is -1.25. The second-order valence-electron chi connectivity index (χ2n) is 6.20. The Morgan fingerprint density at radius 2 is 0.893 bits per heavy atom. The molecule has 0 radical (unpaired) electrons. The van der Waals surface area contributed by atoms with Crippen LogP contribution in [0.3, 0.4) is 0 Å². The summed E-state index contributed by atoms with van der Waals surface area (Å²) < 4.78 is 0. The number of unbranched alkanes of at least 4 members (excludes halogenated alkanes) is 1. The molecule has 0 aliphatic carbocycles. The normalized spacial score (nSPS) is 12.0. The van der Waals surface area contributed by atoms with Crippen LogP contribution in [0.4, 0.5) is 0 Å². The molecule has 0 atom stereocenters. The van der Waals surface area contributed by atoms with E-state index in [4.69, 9.17) is 0 Å². The van der Waals surface area contributed by atoms with Crippen LogP contribution >= 0.6 is 63.7 Å². The van der Waals surface area contributed by atoms with Crippen molar-refractivity contribution in [2.24, 2.45) is 0 Å². The van der Waals surface area contributed by atoms with Crippen LogP contribution in [0.25, 0.3) is 0 Å². The van der Waals surface area contributed by atoms with Crippen molar-refractivity contribution in [1.29, 1.82) is 0 Å². The number of rotatable bonds is 6. The van der Waals surface area contributed by atoms with Crippen molar-refractivity contribution in [3.05, 3.63) is 91.0 Å². The molecular formula is C22H24Br4FeP. The van der Waals surface area contributed by atoms with Gasteiger partial charge in [0, 0.05) is 0 Å². The molecule has 0 bridgehead atoms. The minimum absolute atomic E-state index is 1.23. The van der Waals surface area contributed by atoms with E-state index in [9.17, 15) is 0 Å². The van der Waals surface area contributed by atoms with Crippen molar-refractivity contribution >= 4 is 79.6 Å². The fraction of sp³-hybridized carbons (Fsp3) is 0.182. The number of halogens is 4. The Morgan fingerprint density at radius 3 is 1.14 bits per heavy atom. The Balaban J connectivity index is 0.000000500. The Morgan fingerprint density at radius 1 is 0.607 bits per heavy atom. The van der Waals surface area contributed by atoms with Gasteiger partial charge in [0.05, 0.1) is 6.16 Å². The van der Waals surface area contributed by atoms with Crippen LogP contribution < -0.4 is 15.9 Å². The van der Waals surface area contributed by atoms with Gasteiger partial charge in [-0.25, -0.2) is 0 Å². The molecule has 6 heteroatoms. The zero-order chi connectivity index (χ0) is 20.5. The van der Waals surface area contributed by atoms with Crippen molar-refractivity contribution in [3.8, 4) is 0 Å². The van der Waals surface area contributed by atoms with Crippen LogP contribution in [-0.2, 0) is 5.61 Å². The molecule has 0 aromatic heterocycles. The average molecular weight is 695 g/mol. The predicted molar refractivity (Wildman–Crippen MR) is 141 cm³/mol. The summed E-state index contributed by atoms with van der Waals surface area (Å²) in [6, 6.07) is 33.4. The summed E-state index contributed by atoms with van der Waals surface area (Å²) in [5.74, 6) is 0. The first-order valence-electron chi connectivity index (χ1n) is 8.96. The molecule has 0 spiro atoms. The molecule has 3 aromatic carbocycles. The standard InChI is InChI=1S/C22H24P.4BrH.Fe/c1-2-3-19-23(20-13-7-4-8-14-20,21-15-9-5-10-16-21)22-17-11-6-12-18-22;;;;;/h4-18H,2-3,19H2,1H3;4*1H;/q+1;;;;;+3/p-4. The monoisotopic (exact) mass is 691 g/mol. The van der Waals surface area contributed by atoms with Gasteiger partial charge < -0.3 is 0 Å². The van der Waals surface area contributed by atoms with Gasteiger partial charge in [-0.05, 0) is 42.8 Å². The van der Waals surface area contributed by atoms with E-state index in [-0.39, 0.29) is 0 Å². The topological polar surface area (TPSA) is 0 Å². The van der Waals surface area contributed by atoms with Gasteiger partial charge in [0.25, 0.3) is 0 Å². The maximum absolute atomic E-state index is 3.25. The van der Waals surface area contributed by atoms with E-state index in [0.29, 0.717) is 0 Å². The van der Waals surface area contributed by atoms with Crippen LogP contribution in [0.15, 0.2) is 91.0 Å². The van der Waals surface area contributed by atoms with E-state index < -0.39 is 12.9 Å². The molecule has 0 N–H and O–H groups in total. The third-order valence-corrected chi connectivity index (χ3v) is 8.96. The fourth-order valence-corrected chi connectivity index (χ4v) is 7.78. The predicted octanol–water partition coefficient (Wildman–Crippen LogP) is 8.16. The van der Waals surface area contributed by atoms with E-state index in [1.807, 2.05) is 0 Å². The molecule has 0 unspecified atom stereocenters. The van der Waals surface area contributed by atoms with Gasteiger partial charge in [-0.1, -0.05) is 67.9 Å². The SMILES string of the molecule is CCCC[P+](c1ccccc1)(c1ccccc1)c1ccccc1.[Br][Fe-]([Br])([Br])[Br]. The molecular weight excluding hydrogens is 671 g/mol. The molecule has 0 aliphatic rings. The van der Waals surface area contributed by atoms with E-state index >= 15 is 0 Å². The molecule has 3 aromatic rings. The first-order valence-corrected chi connectivity index (χ1v) is 21.9. The van der Waals surface area contributed by atoms with Crippen molar-refractivity contribution in [3.63, 3.8) is 0 Å². The Bertz CT molecular complexity index is 706. The third kappa shape index (κ3) is 7.65. The molecule has 0 saturated heterocycles. The molecule has 153 valence electrons. The summed E-state index contributed by atoms with van der Waals surface area (Å²) in [5, 5.41) is 4.47. The van der Waals surface area contributed by atoms with Crippen molar-refractivity contribution in [1.82, 2.24) is 0 Å². The van der Waals surface area contributed by atoms with Gasteiger partial charge >= 0.3 is 62.1 Å². The molecule has 3 rings (SSSR count). The maximum atomic E-state index is 3.25.